The van der Waals surface area contributed by atoms with E-state index in [9.17, 15) is 4.39 Å². The standard InChI is InChI=1S/C15H11FN2/c16-12-7-10(9-17)6-11(8-12)13-2-1-3-15-14(13)4-5-18-15/h1-3,6-8,18H,4-5H2. The zero-order valence-electron chi connectivity index (χ0n) is 9.70. The number of hydrogen-bond donors (Lipinski definition) is 1. The van der Waals surface area contributed by atoms with Gasteiger partial charge in [0, 0.05) is 12.2 Å². The van der Waals surface area contributed by atoms with Gasteiger partial charge in [-0.2, -0.15) is 5.26 Å². The molecule has 0 aromatic heterocycles. The first-order chi connectivity index (χ1) is 8.78. The smallest absolute Gasteiger partial charge is 0.125 e. The predicted octanol–water partition coefficient (Wildman–Crippen LogP) is 3.33. The van der Waals surface area contributed by atoms with Crippen LogP contribution in [0.4, 0.5) is 10.1 Å². The van der Waals surface area contributed by atoms with Gasteiger partial charge in [0.25, 0.3) is 0 Å². The van der Waals surface area contributed by atoms with Crippen molar-refractivity contribution in [1.29, 1.82) is 5.26 Å². The first-order valence-electron chi connectivity index (χ1n) is 5.85. The third-order valence-electron chi connectivity index (χ3n) is 3.20. The summed E-state index contributed by atoms with van der Waals surface area (Å²) in [6.45, 7) is 0.909. The first kappa shape index (κ1) is 10.8. The maximum atomic E-state index is 13.5. The summed E-state index contributed by atoms with van der Waals surface area (Å²) in [5.74, 6) is -0.368. The number of rotatable bonds is 1. The second kappa shape index (κ2) is 4.15. The summed E-state index contributed by atoms with van der Waals surface area (Å²) in [5, 5.41) is 12.2. The van der Waals surface area contributed by atoms with Crippen molar-refractivity contribution in [2.45, 2.75) is 6.42 Å². The lowest BCUT2D eigenvalue weighted by atomic mass is 9.96. The van der Waals surface area contributed by atoms with Crippen molar-refractivity contribution in [1.82, 2.24) is 0 Å². The SMILES string of the molecule is N#Cc1cc(F)cc(-c2cccc3c2CCN3)c1. The molecule has 1 aliphatic rings. The highest BCUT2D eigenvalue weighted by Crippen LogP contribution is 2.33. The van der Waals surface area contributed by atoms with E-state index >= 15 is 0 Å². The molecule has 0 spiro atoms. The quantitative estimate of drug-likeness (QED) is 0.827. The highest BCUT2D eigenvalue weighted by atomic mass is 19.1. The van der Waals surface area contributed by atoms with E-state index in [1.54, 1.807) is 6.07 Å². The Balaban J connectivity index is 2.19. The Bertz CT molecular complexity index is 656. The van der Waals surface area contributed by atoms with Crippen LogP contribution >= 0.6 is 0 Å². The van der Waals surface area contributed by atoms with Crippen molar-refractivity contribution in [2.24, 2.45) is 0 Å². The van der Waals surface area contributed by atoms with E-state index in [1.807, 2.05) is 24.3 Å². The molecule has 0 radical (unpaired) electrons. The molecule has 1 aliphatic heterocycles. The molecule has 0 atom stereocenters. The van der Waals surface area contributed by atoms with Crippen molar-refractivity contribution in [3.63, 3.8) is 0 Å². The summed E-state index contributed by atoms with van der Waals surface area (Å²) in [6, 6.07) is 12.4. The fourth-order valence-corrected chi connectivity index (χ4v) is 2.42. The number of nitrogens with one attached hydrogen (secondary N) is 1. The second-order valence-corrected chi connectivity index (χ2v) is 4.35. The number of nitrogens with zero attached hydrogens (tertiary/aromatic N) is 1. The number of hydrogen-bond acceptors (Lipinski definition) is 2. The Hall–Kier alpha value is -2.34. The minimum Gasteiger partial charge on any atom is -0.384 e. The number of nitriles is 1. The Kier molecular flexibility index (Phi) is 2.49. The van der Waals surface area contributed by atoms with Crippen LogP contribution in [0, 0.1) is 17.1 Å². The lowest BCUT2D eigenvalue weighted by Gasteiger charge is -2.08. The van der Waals surface area contributed by atoms with Crippen molar-refractivity contribution in [3.05, 3.63) is 53.3 Å². The average molecular weight is 238 g/mol. The summed E-state index contributed by atoms with van der Waals surface area (Å²) in [6.07, 6.45) is 0.934. The fourth-order valence-electron chi connectivity index (χ4n) is 2.42. The molecule has 1 heterocycles. The molecule has 2 aromatic carbocycles. The number of benzene rings is 2. The van der Waals surface area contributed by atoms with Crippen LogP contribution in [0.5, 0.6) is 0 Å². The molecule has 0 aliphatic carbocycles. The van der Waals surface area contributed by atoms with Gasteiger partial charge in [0.05, 0.1) is 11.6 Å². The Morgan fingerprint density at radius 2 is 2.11 bits per heavy atom. The van der Waals surface area contributed by atoms with Crippen LogP contribution in [-0.2, 0) is 6.42 Å². The fraction of sp³-hybridized carbons (Fsp3) is 0.133. The van der Waals surface area contributed by atoms with E-state index in [4.69, 9.17) is 5.26 Å². The molecule has 0 unspecified atom stereocenters. The van der Waals surface area contributed by atoms with Crippen LogP contribution in [-0.4, -0.2) is 6.54 Å². The molecule has 0 saturated carbocycles. The van der Waals surface area contributed by atoms with Crippen molar-refractivity contribution >= 4 is 5.69 Å². The monoisotopic (exact) mass is 238 g/mol. The lowest BCUT2D eigenvalue weighted by molar-refractivity contribution is 0.628. The van der Waals surface area contributed by atoms with Crippen molar-refractivity contribution in [2.75, 3.05) is 11.9 Å². The highest BCUT2D eigenvalue weighted by molar-refractivity contribution is 5.76. The first-order valence-corrected chi connectivity index (χ1v) is 5.85. The molecular formula is C15H11FN2. The van der Waals surface area contributed by atoms with Crippen LogP contribution in [0.1, 0.15) is 11.1 Å². The Morgan fingerprint density at radius 3 is 2.94 bits per heavy atom. The van der Waals surface area contributed by atoms with E-state index in [0.29, 0.717) is 5.56 Å². The zero-order valence-corrected chi connectivity index (χ0v) is 9.70. The molecule has 3 rings (SSSR count). The van der Waals surface area contributed by atoms with Crippen LogP contribution in [0.2, 0.25) is 0 Å². The lowest BCUT2D eigenvalue weighted by Crippen LogP contribution is -1.90. The summed E-state index contributed by atoms with van der Waals surface area (Å²) in [7, 11) is 0. The molecule has 88 valence electrons. The van der Waals surface area contributed by atoms with Gasteiger partial charge in [-0.15, -0.1) is 0 Å². The van der Waals surface area contributed by atoms with Gasteiger partial charge in [0.15, 0.2) is 0 Å². The molecule has 2 aromatic rings. The van der Waals surface area contributed by atoms with Crippen LogP contribution in [0.25, 0.3) is 11.1 Å². The second-order valence-electron chi connectivity index (χ2n) is 4.35. The summed E-state index contributed by atoms with van der Waals surface area (Å²) in [5.41, 5.74) is 4.44. The van der Waals surface area contributed by atoms with Crippen molar-refractivity contribution < 1.29 is 4.39 Å². The third kappa shape index (κ3) is 1.72. The van der Waals surface area contributed by atoms with E-state index in [2.05, 4.69) is 5.32 Å². The van der Waals surface area contributed by atoms with Gasteiger partial charge < -0.3 is 5.32 Å². The number of fused-ring (bicyclic) bond motifs is 1. The van der Waals surface area contributed by atoms with Crippen molar-refractivity contribution in [3.8, 4) is 17.2 Å². The van der Waals surface area contributed by atoms with Crippen LogP contribution < -0.4 is 5.32 Å². The van der Waals surface area contributed by atoms with Gasteiger partial charge >= 0.3 is 0 Å². The van der Waals surface area contributed by atoms with Gasteiger partial charge in [0.1, 0.15) is 5.82 Å². The third-order valence-corrected chi connectivity index (χ3v) is 3.20. The largest absolute Gasteiger partial charge is 0.384 e. The van der Waals surface area contributed by atoms with E-state index in [1.165, 1.54) is 17.7 Å². The molecule has 0 fully saturated rings. The van der Waals surface area contributed by atoms with E-state index < -0.39 is 0 Å². The number of halogens is 1. The zero-order chi connectivity index (χ0) is 12.5. The molecular weight excluding hydrogens is 227 g/mol. The van der Waals surface area contributed by atoms with Crippen LogP contribution in [0.3, 0.4) is 0 Å². The van der Waals surface area contributed by atoms with E-state index in [0.717, 1.165) is 29.8 Å². The maximum absolute atomic E-state index is 13.5. The molecule has 0 saturated heterocycles. The van der Waals surface area contributed by atoms with Crippen LogP contribution in [0.15, 0.2) is 36.4 Å². The van der Waals surface area contributed by atoms with Gasteiger partial charge in [-0.3, -0.25) is 0 Å². The normalized spacial score (nSPS) is 12.7. The number of anilines is 1. The topological polar surface area (TPSA) is 35.8 Å². The Morgan fingerprint density at radius 1 is 1.22 bits per heavy atom. The minimum atomic E-state index is -0.368. The summed E-state index contributed by atoms with van der Waals surface area (Å²) >= 11 is 0. The molecule has 0 bridgehead atoms. The molecule has 1 N–H and O–H groups in total. The molecule has 3 heteroatoms. The molecule has 18 heavy (non-hydrogen) atoms. The summed E-state index contributed by atoms with van der Waals surface area (Å²) < 4.78 is 13.5. The predicted molar refractivity (Wildman–Crippen MR) is 68.7 cm³/mol. The Labute approximate surface area is 105 Å². The minimum absolute atomic E-state index is 0.355. The highest BCUT2D eigenvalue weighted by Gasteiger charge is 2.15. The van der Waals surface area contributed by atoms with Gasteiger partial charge in [0.2, 0.25) is 0 Å². The van der Waals surface area contributed by atoms with Gasteiger partial charge in [-0.1, -0.05) is 12.1 Å². The maximum Gasteiger partial charge on any atom is 0.125 e. The van der Waals surface area contributed by atoms with E-state index in [-0.39, 0.29) is 5.82 Å². The summed E-state index contributed by atoms with van der Waals surface area (Å²) in [4.78, 5) is 0. The molecule has 0 amide bonds. The average Bonchev–Trinajstić information content (AvgIpc) is 2.85. The van der Waals surface area contributed by atoms with Gasteiger partial charge in [-0.25, -0.2) is 4.39 Å². The molecule has 2 nitrogen and oxygen atoms in total. The van der Waals surface area contributed by atoms with Gasteiger partial charge in [-0.05, 0) is 47.4 Å².